The summed E-state index contributed by atoms with van der Waals surface area (Å²) in [5.41, 5.74) is 5.53. The fourth-order valence-corrected chi connectivity index (χ4v) is 6.39. The minimum atomic E-state index is -0.375. The van der Waals surface area contributed by atoms with E-state index in [9.17, 15) is 4.79 Å². The number of fused-ring (bicyclic) bond motifs is 1. The number of carbonyl (C=O) groups excluding carboxylic acids is 1. The molecule has 1 fully saturated rings. The predicted octanol–water partition coefficient (Wildman–Crippen LogP) is 6.89. The molecule has 6 rings (SSSR count). The number of carbonyl (C=O) groups is 1. The largest absolute Gasteiger partial charge is 0.497 e. The lowest BCUT2D eigenvalue weighted by atomic mass is 9.60. The van der Waals surface area contributed by atoms with Crippen LogP contribution in [0.3, 0.4) is 0 Å². The van der Waals surface area contributed by atoms with Crippen molar-refractivity contribution < 1.29 is 9.53 Å². The van der Waals surface area contributed by atoms with Gasteiger partial charge in [-0.25, -0.2) is 0 Å². The molecule has 178 valence electrons. The molecule has 0 radical (unpaired) electrons. The molecule has 1 saturated heterocycles. The van der Waals surface area contributed by atoms with Crippen LogP contribution in [0.4, 0.5) is 5.69 Å². The third kappa shape index (κ3) is 3.46. The van der Waals surface area contributed by atoms with Crippen LogP contribution >= 0.6 is 0 Å². The highest BCUT2D eigenvalue weighted by Crippen LogP contribution is 2.58. The van der Waals surface area contributed by atoms with Crippen LogP contribution in [0.15, 0.2) is 121 Å². The smallest absolute Gasteiger partial charge is 0.227 e. The number of hydrogen-bond donors (Lipinski definition) is 0. The zero-order valence-electron chi connectivity index (χ0n) is 20.4. The quantitative estimate of drug-likeness (QED) is 0.317. The summed E-state index contributed by atoms with van der Waals surface area (Å²) in [6.07, 6.45) is 3.71. The second-order valence-electron chi connectivity index (χ2n) is 9.58. The molecule has 0 saturated carbocycles. The summed E-state index contributed by atoms with van der Waals surface area (Å²) in [5, 5.41) is 0. The topological polar surface area (TPSA) is 29.5 Å². The van der Waals surface area contributed by atoms with Crippen LogP contribution in [-0.4, -0.2) is 19.1 Å². The molecule has 2 unspecified atom stereocenters. The highest BCUT2D eigenvalue weighted by atomic mass is 16.5. The van der Waals surface area contributed by atoms with Crippen LogP contribution in [0.2, 0.25) is 0 Å². The molecule has 0 bridgehead atoms. The van der Waals surface area contributed by atoms with E-state index in [4.69, 9.17) is 4.74 Å². The number of benzene rings is 4. The van der Waals surface area contributed by atoms with Gasteiger partial charge in [-0.1, -0.05) is 97.1 Å². The number of hydrogen-bond acceptors (Lipinski definition) is 2. The van der Waals surface area contributed by atoms with Gasteiger partial charge in [0.25, 0.3) is 0 Å². The van der Waals surface area contributed by atoms with Gasteiger partial charge in [0.1, 0.15) is 5.75 Å². The number of ether oxygens (including phenoxy) is 1. The molecule has 3 heteroatoms. The lowest BCUT2D eigenvalue weighted by molar-refractivity contribution is -0.120. The standard InChI is InChI=1S/C33H29NO2/c1-36-28-19-17-27(18-20-28)34-31-23-30(24-11-5-2-6-12-24)33(25-13-7-3-8-14-25,26-15-9-4-10-16-26)29(31)21-22-32(34)35/h2-20,23,29,31H,21-22H2,1H3. The number of allylic oxidation sites excluding steroid dienone is 1. The van der Waals surface area contributed by atoms with E-state index < -0.39 is 0 Å². The highest BCUT2D eigenvalue weighted by Gasteiger charge is 2.56. The highest BCUT2D eigenvalue weighted by molar-refractivity contribution is 5.98. The van der Waals surface area contributed by atoms with Crippen LogP contribution < -0.4 is 9.64 Å². The van der Waals surface area contributed by atoms with Crippen molar-refractivity contribution in [3.8, 4) is 5.75 Å². The molecule has 3 nitrogen and oxygen atoms in total. The monoisotopic (exact) mass is 471 g/mol. The summed E-state index contributed by atoms with van der Waals surface area (Å²) in [6, 6.07) is 40.2. The van der Waals surface area contributed by atoms with E-state index in [0.29, 0.717) is 6.42 Å². The van der Waals surface area contributed by atoms with Crippen LogP contribution in [-0.2, 0) is 10.2 Å². The number of rotatable bonds is 5. The summed E-state index contributed by atoms with van der Waals surface area (Å²) in [7, 11) is 1.66. The van der Waals surface area contributed by atoms with Gasteiger partial charge >= 0.3 is 0 Å². The van der Waals surface area contributed by atoms with Crippen molar-refractivity contribution in [1.82, 2.24) is 0 Å². The van der Waals surface area contributed by atoms with Gasteiger partial charge in [0.15, 0.2) is 0 Å². The summed E-state index contributed by atoms with van der Waals surface area (Å²) in [4.78, 5) is 15.5. The minimum absolute atomic E-state index is 0.0599. The molecule has 1 aliphatic heterocycles. The van der Waals surface area contributed by atoms with Crippen molar-refractivity contribution in [3.05, 3.63) is 138 Å². The molecular formula is C33H29NO2. The lowest BCUT2D eigenvalue weighted by Gasteiger charge is -2.46. The van der Waals surface area contributed by atoms with Crippen molar-refractivity contribution in [3.63, 3.8) is 0 Å². The number of amides is 1. The Hall–Kier alpha value is -4.11. The molecule has 1 amide bonds. The fourth-order valence-electron chi connectivity index (χ4n) is 6.39. The molecule has 1 aliphatic carbocycles. The van der Waals surface area contributed by atoms with Crippen LogP contribution in [0, 0.1) is 5.92 Å². The minimum Gasteiger partial charge on any atom is -0.497 e. The summed E-state index contributed by atoms with van der Waals surface area (Å²) < 4.78 is 5.38. The number of anilines is 1. The van der Waals surface area contributed by atoms with Gasteiger partial charge in [0.05, 0.1) is 18.6 Å². The maximum Gasteiger partial charge on any atom is 0.227 e. The first-order valence-corrected chi connectivity index (χ1v) is 12.6. The first kappa shape index (κ1) is 22.4. The molecule has 0 spiro atoms. The van der Waals surface area contributed by atoms with Crippen LogP contribution in [0.5, 0.6) is 5.75 Å². The Bertz CT molecular complexity index is 1340. The molecule has 4 aromatic carbocycles. The fraction of sp³-hybridized carbons (Fsp3) is 0.182. The molecule has 2 atom stereocenters. The Labute approximate surface area is 212 Å². The van der Waals surface area contributed by atoms with E-state index in [0.717, 1.165) is 17.9 Å². The van der Waals surface area contributed by atoms with Gasteiger partial charge in [0.2, 0.25) is 5.91 Å². The van der Waals surface area contributed by atoms with Crippen molar-refractivity contribution in [1.29, 1.82) is 0 Å². The molecular weight excluding hydrogens is 442 g/mol. The van der Waals surface area contributed by atoms with Gasteiger partial charge < -0.3 is 9.64 Å². The Balaban J connectivity index is 1.61. The molecule has 1 heterocycles. The van der Waals surface area contributed by atoms with Crippen molar-refractivity contribution >= 4 is 17.2 Å². The van der Waals surface area contributed by atoms with Crippen LogP contribution in [0.25, 0.3) is 5.57 Å². The van der Waals surface area contributed by atoms with Gasteiger partial charge in [-0.2, -0.15) is 0 Å². The molecule has 36 heavy (non-hydrogen) atoms. The number of methoxy groups -OCH3 is 1. The Kier molecular flexibility index (Phi) is 5.69. The van der Waals surface area contributed by atoms with E-state index in [1.54, 1.807) is 7.11 Å². The van der Waals surface area contributed by atoms with Gasteiger partial charge in [-0.05, 0) is 52.9 Å². The molecule has 0 N–H and O–H groups in total. The van der Waals surface area contributed by atoms with Gasteiger partial charge in [-0.15, -0.1) is 0 Å². The van der Waals surface area contributed by atoms with E-state index in [1.165, 1.54) is 22.3 Å². The maximum absolute atomic E-state index is 13.5. The lowest BCUT2D eigenvalue weighted by Crippen LogP contribution is -2.51. The number of piperidine rings is 1. The van der Waals surface area contributed by atoms with Gasteiger partial charge in [0, 0.05) is 18.0 Å². The molecule has 4 aromatic rings. The molecule has 2 aliphatic rings. The Morgan fingerprint density at radius 3 is 1.86 bits per heavy atom. The summed E-state index contributed by atoms with van der Waals surface area (Å²) in [6.45, 7) is 0. The van der Waals surface area contributed by atoms with Crippen molar-refractivity contribution in [2.24, 2.45) is 5.92 Å². The zero-order valence-corrected chi connectivity index (χ0v) is 20.4. The predicted molar refractivity (Wildman–Crippen MR) is 145 cm³/mol. The van der Waals surface area contributed by atoms with Gasteiger partial charge in [-0.3, -0.25) is 4.79 Å². The first-order chi connectivity index (χ1) is 17.7. The van der Waals surface area contributed by atoms with E-state index in [-0.39, 0.29) is 23.3 Å². The molecule has 0 aromatic heterocycles. The third-order valence-electron chi connectivity index (χ3n) is 7.86. The maximum atomic E-state index is 13.5. The third-order valence-corrected chi connectivity index (χ3v) is 7.86. The summed E-state index contributed by atoms with van der Waals surface area (Å²) >= 11 is 0. The Morgan fingerprint density at radius 1 is 0.750 bits per heavy atom. The Morgan fingerprint density at radius 2 is 1.31 bits per heavy atom. The zero-order chi connectivity index (χ0) is 24.5. The second kappa shape index (κ2) is 9.16. The van der Waals surface area contributed by atoms with E-state index >= 15 is 0 Å². The first-order valence-electron chi connectivity index (χ1n) is 12.6. The average molecular weight is 472 g/mol. The average Bonchev–Trinajstić information content (AvgIpc) is 3.30. The normalized spacial score (nSPS) is 20.5. The van der Waals surface area contributed by atoms with Crippen molar-refractivity contribution in [2.45, 2.75) is 24.3 Å². The van der Waals surface area contributed by atoms with Crippen LogP contribution in [0.1, 0.15) is 29.5 Å². The summed E-state index contributed by atoms with van der Waals surface area (Å²) in [5.74, 6) is 1.15. The van der Waals surface area contributed by atoms with Crippen molar-refractivity contribution in [2.75, 3.05) is 12.0 Å². The number of nitrogens with zero attached hydrogens (tertiary/aromatic N) is 1. The van der Waals surface area contributed by atoms with E-state index in [2.05, 4.69) is 97.1 Å². The van der Waals surface area contributed by atoms with E-state index in [1.807, 2.05) is 29.2 Å². The SMILES string of the molecule is COc1ccc(N2C(=O)CCC3C2C=C(c2ccccc2)C3(c2ccccc2)c2ccccc2)cc1. The second-order valence-corrected chi connectivity index (χ2v) is 9.58.